The molecule has 0 bridgehead atoms. The van der Waals surface area contributed by atoms with E-state index in [1.54, 1.807) is 17.0 Å². The minimum atomic E-state index is -0.891. The molecule has 2 aromatic carbocycles. The highest BCUT2D eigenvalue weighted by molar-refractivity contribution is 8.19. The number of fused-ring (bicyclic) bond motifs is 1. The predicted molar refractivity (Wildman–Crippen MR) is 130 cm³/mol. The van der Waals surface area contributed by atoms with Gasteiger partial charge in [-0.2, -0.15) is 0 Å². The molecular weight excluding hydrogens is 458 g/mol. The number of benzene rings is 2. The minimum Gasteiger partial charge on any atom is -0.459 e. The van der Waals surface area contributed by atoms with Crippen molar-refractivity contribution >= 4 is 41.3 Å². The maximum atomic E-state index is 13.2. The molecule has 2 aromatic rings. The second-order valence-electron chi connectivity index (χ2n) is 8.57. The number of thioether (sulfide) groups is 2. The topological polar surface area (TPSA) is 102 Å². The van der Waals surface area contributed by atoms with Gasteiger partial charge in [0.05, 0.1) is 0 Å². The van der Waals surface area contributed by atoms with Crippen LogP contribution in [-0.2, 0) is 25.7 Å². The number of β-lactam (4-membered cyclic amide) rings is 1. The van der Waals surface area contributed by atoms with Crippen LogP contribution in [0.25, 0.3) is 0 Å². The molecule has 2 saturated heterocycles. The van der Waals surface area contributed by atoms with Crippen LogP contribution in [0.1, 0.15) is 31.0 Å². The quantitative estimate of drug-likeness (QED) is 0.459. The summed E-state index contributed by atoms with van der Waals surface area (Å²) in [7, 11) is 0. The summed E-state index contributed by atoms with van der Waals surface area (Å²) in [5.41, 5.74) is 7.67. The van der Waals surface area contributed by atoms with E-state index in [1.807, 2.05) is 68.6 Å². The maximum Gasteiger partial charge on any atom is 0.330 e. The summed E-state index contributed by atoms with van der Waals surface area (Å²) in [6.45, 7) is 3.98. The number of rotatable bonds is 7. The Balaban J connectivity index is 1.50. The lowest BCUT2D eigenvalue weighted by Crippen LogP contribution is -2.76. The Morgan fingerprint density at radius 3 is 2.36 bits per heavy atom. The van der Waals surface area contributed by atoms with Gasteiger partial charge in [0.1, 0.15) is 18.7 Å². The number of hydrogen-bond acceptors (Lipinski definition) is 7. The molecule has 2 unspecified atom stereocenters. The van der Waals surface area contributed by atoms with Crippen molar-refractivity contribution in [2.24, 2.45) is 5.73 Å². The molecule has 2 heterocycles. The minimum absolute atomic E-state index is 0.136. The normalized spacial score (nSPS) is 26.2. The van der Waals surface area contributed by atoms with Crippen LogP contribution in [0.4, 0.5) is 0 Å². The van der Waals surface area contributed by atoms with Crippen LogP contribution < -0.4 is 11.1 Å². The number of carbonyl (C=O) groups is 3. The third-order valence-corrected chi connectivity index (χ3v) is 9.22. The summed E-state index contributed by atoms with van der Waals surface area (Å²) in [4.78, 5) is 40.7. The molecule has 174 valence electrons. The Hall–Kier alpha value is -2.49. The van der Waals surface area contributed by atoms with E-state index in [-0.39, 0.29) is 12.5 Å². The van der Waals surface area contributed by atoms with E-state index < -0.39 is 39.0 Å². The van der Waals surface area contributed by atoms with Crippen molar-refractivity contribution in [1.82, 2.24) is 10.2 Å². The van der Waals surface area contributed by atoms with Crippen LogP contribution in [0.5, 0.6) is 0 Å². The first-order valence-electron chi connectivity index (χ1n) is 10.6. The third-order valence-electron chi connectivity index (χ3n) is 5.98. The summed E-state index contributed by atoms with van der Waals surface area (Å²) in [6, 6.07) is 16.0. The first-order valence-corrected chi connectivity index (χ1v) is 12.7. The highest BCUT2D eigenvalue weighted by Gasteiger charge is 2.73. The smallest absolute Gasteiger partial charge is 0.330 e. The van der Waals surface area contributed by atoms with Crippen molar-refractivity contribution in [3.05, 3.63) is 71.8 Å². The zero-order valence-electron chi connectivity index (χ0n) is 18.7. The molecular formula is C24H27N3O4S2. The second kappa shape index (κ2) is 9.04. The average Bonchev–Trinajstić information content (AvgIpc) is 3.05. The molecule has 0 spiro atoms. The molecule has 2 amide bonds. The van der Waals surface area contributed by atoms with Crippen LogP contribution in [0.3, 0.4) is 0 Å². The van der Waals surface area contributed by atoms with Gasteiger partial charge in [0, 0.05) is 4.75 Å². The molecule has 2 fully saturated rings. The standard InChI is InChI=1S/C24H27N3O4S2/c1-23(2)19(22(30)31-14-15-10-6-4-7-11-15)27-21(29)18(24(27,32-3)33-23)26-20(28)17(25)16-12-8-5-9-13-16/h4-13,17-19H,14,25H2,1-3H3,(H,26,28)/t17?,18-,19+,24?/m1/s1. The van der Waals surface area contributed by atoms with E-state index >= 15 is 0 Å². The molecule has 7 nitrogen and oxygen atoms in total. The van der Waals surface area contributed by atoms with Crippen molar-refractivity contribution in [3.8, 4) is 0 Å². The van der Waals surface area contributed by atoms with E-state index in [4.69, 9.17) is 10.5 Å². The molecule has 2 aliphatic rings. The zero-order chi connectivity index (χ0) is 23.8. The molecule has 2 aliphatic heterocycles. The molecule has 4 atom stereocenters. The average molecular weight is 486 g/mol. The number of esters is 1. The highest BCUT2D eigenvalue weighted by Crippen LogP contribution is 2.63. The summed E-state index contributed by atoms with van der Waals surface area (Å²) in [5, 5.41) is 2.83. The lowest BCUT2D eigenvalue weighted by Gasteiger charge is -2.52. The highest BCUT2D eigenvalue weighted by atomic mass is 32.2. The SMILES string of the molecule is CSC12SC(C)(C)[C@H](C(=O)OCc3ccccc3)N1C(=O)[C@H]2NC(=O)C(N)c1ccccc1. The number of nitrogens with one attached hydrogen (secondary N) is 1. The molecule has 0 saturated carbocycles. The van der Waals surface area contributed by atoms with Gasteiger partial charge in [-0.05, 0) is 31.2 Å². The number of amides is 2. The number of ether oxygens (including phenoxy) is 1. The van der Waals surface area contributed by atoms with Crippen molar-refractivity contribution in [2.75, 3.05) is 6.26 Å². The van der Waals surface area contributed by atoms with Crippen LogP contribution in [0.15, 0.2) is 60.7 Å². The Morgan fingerprint density at radius 2 is 1.76 bits per heavy atom. The predicted octanol–water partition coefficient (Wildman–Crippen LogP) is 2.67. The number of hydrogen-bond donors (Lipinski definition) is 2. The number of nitrogens with two attached hydrogens (primary N) is 1. The number of carbonyl (C=O) groups excluding carboxylic acids is 3. The van der Waals surface area contributed by atoms with Crippen LogP contribution in [-0.4, -0.2) is 50.0 Å². The molecule has 0 aliphatic carbocycles. The van der Waals surface area contributed by atoms with Gasteiger partial charge in [0.25, 0.3) is 5.91 Å². The summed E-state index contributed by atoms with van der Waals surface area (Å²) >= 11 is 2.93. The fourth-order valence-electron chi connectivity index (χ4n) is 4.33. The number of nitrogens with zero attached hydrogens (tertiary/aromatic N) is 1. The van der Waals surface area contributed by atoms with Crippen molar-refractivity contribution in [1.29, 1.82) is 0 Å². The third kappa shape index (κ3) is 4.13. The zero-order valence-corrected chi connectivity index (χ0v) is 20.3. The van der Waals surface area contributed by atoms with Crippen molar-refractivity contribution < 1.29 is 19.1 Å². The Labute approximate surface area is 201 Å². The van der Waals surface area contributed by atoms with Gasteiger partial charge in [-0.1, -0.05) is 60.7 Å². The van der Waals surface area contributed by atoms with Gasteiger partial charge in [-0.25, -0.2) is 4.79 Å². The fourth-order valence-corrected chi connectivity index (χ4v) is 7.74. The molecule has 4 rings (SSSR count). The summed E-state index contributed by atoms with van der Waals surface area (Å²) in [5.74, 6) is -1.19. The van der Waals surface area contributed by atoms with Crippen LogP contribution >= 0.6 is 23.5 Å². The van der Waals surface area contributed by atoms with Crippen molar-refractivity contribution in [2.45, 2.75) is 47.5 Å². The van der Waals surface area contributed by atoms with E-state index in [0.717, 1.165) is 5.56 Å². The fraction of sp³-hybridized carbons (Fsp3) is 0.375. The first-order chi connectivity index (χ1) is 15.7. The summed E-state index contributed by atoms with van der Waals surface area (Å²) < 4.78 is 4.18. The first kappa shape index (κ1) is 23.7. The van der Waals surface area contributed by atoms with E-state index in [1.165, 1.54) is 23.5 Å². The molecule has 9 heteroatoms. The molecule has 3 N–H and O–H groups in total. The van der Waals surface area contributed by atoms with E-state index in [9.17, 15) is 14.4 Å². The van der Waals surface area contributed by atoms with Gasteiger partial charge >= 0.3 is 5.97 Å². The van der Waals surface area contributed by atoms with Gasteiger partial charge < -0.3 is 15.8 Å². The van der Waals surface area contributed by atoms with Gasteiger partial charge in [0.2, 0.25) is 5.91 Å². The van der Waals surface area contributed by atoms with Gasteiger partial charge in [-0.3, -0.25) is 14.5 Å². The Bertz CT molecular complexity index is 1050. The van der Waals surface area contributed by atoms with Gasteiger partial charge in [0.15, 0.2) is 10.2 Å². The van der Waals surface area contributed by atoms with Crippen LogP contribution in [0, 0.1) is 0 Å². The lowest BCUT2D eigenvalue weighted by molar-refractivity contribution is -0.166. The van der Waals surface area contributed by atoms with Gasteiger partial charge in [-0.15, -0.1) is 23.5 Å². The molecule has 33 heavy (non-hydrogen) atoms. The largest absolute Gasteiger partial charge is 0.459 e. The molecule has 0 aromatic heterocycles. The monoisotopic (exact) mass is 485 g/mol. The van der Waals surface area contributed by atoms with E-state index in [0.29, 0.717) is 5.56 Å². The maximum absolute atomic E-state index is 13.2. The van der Waals surface area contributed by atoms with E-state index in [2.05, 4.69) is 5.32 Å². The van der Waals surface area contributed by atoms with Crippen LogP contribution in [0.2, 0.25) is 0 Å². The second-order valence-corrected chi connectivity index (χ2v) is 11.7. The Morgan fingerprint density at radius 1 is 1.15 bits per heavy atom. The summed E-state index contributed by atoms with van der Waals surface area (Å²) in [6.07, 6.45) is 1.87. The van der Waals surface area contributed by atoms with Crippen molar-refractivity contribution in [3.63, 3.8) is 0 Å². The lowest BCUT2D eigenvalue weighted by atomic mass is 9.95. The Kier molecular flexibility index (Phi) is 6.48. The molecule has 0 radical (unpaired) electrons.